The highest BCUT2D eigenvalue weighted by Crippen LogP contribution is 2.23. The van der Waals surface area contributed by atoms with Gasteiger partial charge in [-0.15, -0.1) is 11.8 Å². The summed E-state index contributed by atoms with van der Waals surface area (Å²) in [5, 5.41) is 3.60. The van der Waals surface area contributed by atoms with Gasteiger partial charge in [0.05, 0.1) is 5.75 Å². The number of anilines is 1. The zero-order chi connectivity index (χ0) is 19.2. The van der Waals surface area contributed by atoms with Crippen LogP contribution in [0.2, 0.25) is 0 Å². The van der Waals surface area contributed by atoms with E-state index in [1.807, 2.05) is 43.5 Å². The van der Waals surface area contributed by atoms with Gasteiger partial charge in [-0.2, -0.15) is 0 Å². The Morgan fingerprint density at radius 2 is 1.89 bits per heavy atom. The van der Waals surface area contributed by atoms with Crippen LogP contribution >= 0.6 is 23.5 Å². The minimum Gasteiger partial charge on any atom is -0.325 e. The molecule has 1 amide bonds. The van der Waals surface area contributed by atoms with E-state index in [1.54, 1.807) is 23.9 Å². The van der Waals surface area contributed by atoms with Crippen LogP contribution in [0.25, 0.3) is 11.4 Å². The lowest BCUT2D eigenvalue weighted by Gasteiger charge is -2.08. The molecule has 0 saturated carbocycles. The van der Waals surface area contributed by atoms with Crippen LogP contribution in [-0.2, 0) is 4.79 Å². The van der Waals surface area contributed by atoms with Gasteiger partial charge in [-0.3, -0.25) is 4.79 Å². The van der Waals surface area contributed by atoms with E-state index in [9.17, 15) is 9.18 Å². The van der Waals surface area contributed by atoms with E-state index in [0.717, 1.165) is 21.8 Å². The standard InChI is InChI=1S/C20H18FN3OS2/c1-13-10-19(24-20(22-13)14-6-8-15(21)9-7-14)27-12-18(25)23-16-4-3-5-17(11-16)26-2/h3-11H,12H2,1-2H3,(H,23,25). The number of halogens is 1. The third kappa shape index (κ3) is 5.55. The Bertz CT molecular complexity index is 948. The number of hydrogen-bond acceptors (Lipinski definition) is 5. The molecule has 2 aromatic carbocycles. The predicted octanol–water partition coefficient (Wildman–Crippen LogP) is 5.04. The second-order valence-corrected chi connectivity index (χ2v) is 7.62. The molecule has 138 valence electrons. The van der Waals surface area contributed by atoms with Crippen LogP contribution in [0.5, 0.6) is 0 Å². The minimum absolute atomic E-state index is 0.0992. The molecule has 0 saturated heterocycles. The fourth-order valence-corrected chi connectivity index (χ4v) is 3.59. The number of amides is 1. The summed E-state index contributed by atoms with van der Waals surface area (Å²) in [7, 11) is 0. The van der Waals surface area contributed by atoms with Crippen molar-refractivity contribution in [3.05, 3.63) is 66.1 Å². The average molecular weight is 400 g/mol. The van der Waals surface area contributed by atoms with Gasteiger partial charge in [0.25, 0.3) is 0 Å². The number of nitrogens with zero attached hydrogens (tertiary/aromatic N) is 2. The van der Waals surface area contributed by atoms with Crippen molar-refractivity contribution in [3.8, 4) is 11.4 Å². The van der Waals surface area contributed by atoms with Gasteiger partial charge in [0.2, 0.25) is 5.91 Å². The highest BCUT2D eigenvalue weighted by molar-refractivity contribution is 8.00. The molecule has 0 bridgehead atoms. The molecule has 1 N–H and O–H groups in total. The third-order valence-electron chi connectivity index (χ3n) is 3.64. The number of hydrogen-bond donors (Lipinski definition) is 1. The van der Waals surface area contributed by atoms with Crippen LogP contribution in [0.3, 0.4) is 0 Å². The molecule has 0 atom stereocenters. The molecule has 4 nitrogen and oxygen atoms in total. The summed E-state index contributed by atoms with van der Waals surface area (Å²) in [6.45, 7) is 1.87. The number of aryl methyl sites for hydroxylation is 1. The van der Waals surface area contributed by atoms with Crippen LogP contribution in [0.4, 0.5) is 10.1 Å². The van der Waals surface area contributed by atoms with Gasteiger partial charge < -0.3 is 5.32 Å². The van der Waals surface area contributed by atoms with Crippen molar-refractivity contribution in [2.45, 2.75) is 16.8 Å². The van der Waals surface area contributed by atoms with Crippen molar-refractivity contribution in [2.75, 3.05) is 17.3 Å². The van der Waals surface area contributed by atoms with Gasteiger partial charge in [0.15, 0.2) is 5.82 Å². The van der Waals surface area contributed by atoms with Crippen LogP contribution in [0.15, 0.2) is 64.5 Å². The predicted molar refractivity (Wildman–Crippen MR) is 110 cm³/mol. The Kier molecular flexibility index (Phi) is 6.47. The monoisotopic (exact) mass is 399 g/mol. The normalized spacial score (nSPS) is 10.6. The average Bonchev–Trinajstić information content (AvgIpc) is 2.67. The number of rotatable bonds is 6. The molecule has 1 aromatic heterocycles. The summed E-state index contributed by atoms with van der Waals surface area (Å²) in [4.78, 5) is 22.2. The Balaban J connectivity index is 1.66. The number of nitrogens with one attached hydrogen (secondary N) is 1. The fourth-order valence-electron chi connectivity index (χ4n) is 2.38. The van der Waals surface area contributed by atoms with Crippen LogP contribution in [-0.4, -0.2) is 27.9 Å². The molecule has 3 rings (SSSR count). The van der Waals surface area contributed by atoms with E-state index in [4.69, 9.17) is 0 Å². The quantitative estimate of drug-likeness (QED) is 0.465. The Hall–Kier alpha value is -2.38. The summed E-state index contributed by atoms with van der Waals surface area (Å²) in [5.74, 6) is 0.356. The third-order valence-corrected chi connectivity index (χ3v) is 5.27. The molecule has 3 aromatic rings. The van der Waals surface area contributed by atoms with Crippen LogP contribution in [0.1, 0.15) is 5.69 Å². The highest BCUT2D eigenvalue weighted by Gasteiger charge is 2.09. The maximum absolute atomic E-state index is 13.1. The topological polar surface area (TPSA) is 54.9 Å². The second-order valence-electron chi connectivity index (χ2n) is 5.75. The number of carbonyl (C=O) groups excluding carboxylic acids is 1. The summed E-state index contributed by atoms with van der Waals surface area (Å²) < 4.78 is 13.1. The molecule has 7 heteroatoms. The first-order valence-corrected chi connectivity index (χ1v) is 10.4. The number of benzene rings is 2. The Morgan fingerprint density at radius 3 is 2.63 bits per heavy atom. The molecule has 0 radical (unpaired) electrons. The summed E-state index contributed by atoms with van der Waals surface area (Å²) in [6, 6.07) is 15.6. The first-order valence-electron chi connectivity index (χ1n) is 8.22. The summed E-state index contributed by atoms with van der Waals surface area (Å²) >= 11 is 2.97. The molecule has 27 heavy (non-hydrogen) atoms. The van der Waals surface area contributed by atoms with E-state index >= 15 is 0 Å². The first kappa shape index (κ1) is 19.4. The van der Waals surface area contributed by atoms with E-state index in [0.29, 0.717) is 10.9 Å². The highest BCUT2D eigenvalue weighted by atomic mass is 32.2. The minimum atomic E-state index is -0.303. The lowest BCUT2D eigenvalue weighted by Crippen LogP contribution is -2.14. The van der Waals surface area contributed by atoms with Gasteiger partial charge in [0, 0.05) is 21.8 Å². The van der Waals surface area contributed by atoms with Gasteiger partial charge in [0.1, 0.15) is 10.8 Å². The number of carbonyl (C=O) groups is 1. The molecular formula is C20H18FN3OS2. The van der Waals surface area contributed by atoms with Crippen molar-refractivity contribution in [3.63, 3.8) is 0 Å². The molecule has 0 unspecified atom stereocenters. The number of aromatic nitrogens is 2. The van der Waals surface area contributed by atoms with Crippen molar-refractivity contribution in [2.24, 2.45) is 0 Å². The Morgan fingerprint density at radius 1 is 1.11 bits per heavy atom. The lowest BCUT2D eigenvalue weighted by atomic mass is 10.2. The Labute approximate surface area is 166 Å². The summed E-state index contributed by atoms with van der Waals surface area (Å²) in [5.41, 5.74) is 2.30. The van der Waals surface area contributed by atoms with Crippen molar-refractivity contribution in [1.82, 2.24) is 9.97 Å². The lowest BCUT2D eigenvalue weighted by molar-refractivity contribution is -0.113. The molecule has 0 aliphatic heterocycles. The number of thioether (sulfide) groups is 2. The molecular weight excluding hydrogens is 381 g/mol. The van der Waals surface area contributed by atoms with Crippen molar-refractivity contribution in [1.29, 1.82) is 0 Å². The van der Waals surface area contributed by atoms with Gasteiger partial charge in [-0.25, -0.2) is 14.4 Å². The van der Waals surface area contributed by atoms with Crippen LogP contribution in [0, 0.1) is 12.7 Å². The SMILES string of the molecule is CSc1cccc(NC(=O)CSc2cc(C)nc(-c3ccc(F)cc3)n2)c1. The molecule has 0 fully saturated rings. The molecule has 0 aliphatic rings. The van der Waals surface area contributed by atoms with E-state index in [-0.39, 0.29) is 17.5 Å². The maximum Gasteiger partial charge on any atom is 0.234 e. The molecule has 0 aliphatic carbocycles. The van der Waals surface area contributed by atoms with Crippen molar-refractivity contribution < 1.29 is 9.18 Å². The van der Waals surface area contributed by atoms with Gasteiger partial charge in [-0.05, 0) is 61.7 Å². The van der Waals surface area contributed by atoms with Crippen LogP contribution < -0.4 is 5.32 Å². The van der Waals surface area contributed by atoms with E-state index in [2.05, 4.69) is 15.3 Å². The largest absolute Gasteiger partial charge is 0.325 e. The zero-order valence-electron chi connectivity index (χ0n) is 14.9. The summed E-state index contributed by atoms with van der Waals surface area (Å²) in [6.07, 6.45) is 1.99. The smallest absolute Gasteiger partial charge is 0.234 e. The van der Waals surface area contributed by atoms with E-state index in [1.165, 1.54) is 23.9 Å². The first-order chi connectivity index (χ1) is 13.0. The van der Waals surface area contributed by atoms with Gasteiger partial charge >= 0.3 is 0 Å². The molecule has 1 heterocycles. The van der Waals surface area contributed by atoms with E-state index < -0.39 is 0 Å². The molecule has 0 spiro atoms. The second kappa shape index (κ2) is 9.01. The zero-order valence-corrected chi connectivity index (χ0v) is 16.5. The van der Waals surface area contributed by atoms with Crippen molar-refractivity contribution >= 4 is 35.1 Å². The fraction of sp³-hybridized carbons (Fsp3) is 0.150. The maximum atomic E-state index is 13.1. The van der Waals surface area contributed by atoms with Gasteiger partial charge in [-0.1, -0.05) is 17.8 Å².